The van der Waals surface area contributed by atoms with Gasteiger partial charge in [0.25, 0.3) is 0 Å². The zero-order valence-electron chi connectivity index (χ0n) is 27.5. The lowest BCUT2D eigenvalue weighted by molar-refractivity contribution is 0.626. The minimum absolute atomic E-state index is 0.00746. The van der Waals surface area contributed by atoms with Gasteiger partial charge in [-0.05, 0) is 71.2 Å². The van der Waals surface area contributed by atoms with E-state index in [1.165, 1.54) is 55.6 Å². The van der Waals surface area contributed by atoms with Crippen molar-refractivity contribution in [3.8, 4) is 0 Å². The van der Waals surface area contributed by atoms with Crippen LogP contribution in [0.2, 0.25) is 0 Å². The van der Waals surface area contributed by atoms with Gasteiger partial charge in [0.2, 0.25) is 0 Å². The Kier molecular flexibility index (Phi) is 8.53. The molecule has 0 saturated carbocycles. The Morgan fingerprint density at radius 3 is 0.721 bits per heavy atom. The minimum Gasteiger partial charge on any atom is -0.0590 e. The van der Waals surface area contributed by atoms with Gasteiger partial charge >= 0.3 is 0 Å². The molecule has 0 heterocycles. The molecular formula is C43H48. The van der Waals surface area contributed by atoms with Crippen LogP contribution in [0, 0.1) is 13.8 Å². The molecule has 0 aliphatic rings. The van der Waals surface area contributed by atoms with Crippen LogP contribution in [0.15, 0.2) is 121 Å². The molecule has 0 aromatic heterocycles. The van der Waals surface area contributed by atoms with E-state index >= 15 is 0 Å². The Hall–Kier alpha value is -3.90. The summed E-state index contributed by atoms with van der Waals surface area (Å²) in [5.41, 5.74) is 13.4. The maximum absolute atomic E-state index is 2.34. The van der Waals surface area contributed by atoms with E-state index in [1.54, 1.807) is 0 Å². The summed E-state index contributed by atoms with van der Waals surface area (Å²) < 4.78 is 0. The minimum atomic E-state index is -0.0643. The van der Waals surface area contributed by atoms with Crippen LogP contribution >= 0.6 is 0 Å². The first kappa shape index (κ1) is 30.6. The highest BCUT2D eigenvalue weighted by Gasteiger charge is 2.27. The van der Waals surface area contributed by atoms with Gasteiger partial charge in [-0.3, -0.25) is 0 Å². The van der Waals surface area contributed by atoms with Gasteiger partial charge in [0.05, 0.1) is 0 Å². The van der Waals surface area contributed by atoms with Crippen molar-refractivity contribution in [2.45, 2.75) is 84.5 Å². The molecule has 0 amide bonds. The van der Waals surface area contributed by atoms with Gasteiger partial charge in [0, 0.05) is 16.2 Å². The van der Waals surface area contributed by atoms with Crippen molar-refractivity contribution >= 4 is 0 Å². The molecule has 0 N–H and O–H groups in total. The fraction of sp³-hybridized carbons (Fsp3) is 0.302. The summed E-state index contributed by atoms with van der Waals surface area (Å²) in [5, 5.41) is 0. The Balaban J connectivity index is 1.23. The summed E-state index contributed by atoms with van der Waals surface area (Å²) in [5.74, 6) is 0. The molecule has 0 heteroatoms. The molecule has 220 valence electrons. The van der Waals surface area contributed by atoms with Gasteiger partial charge in [-0.2, -0.15) is 0 Å². The van der Waals surface area contributed by atoms with Crippen molar-refractivity contribution in [2.24, 2.45) is 0 Å². The largest absolute Gasteiger partial charge is 0.0590 e. The summed E-state index contributed by atoms with van der Waals surface area (Å²) in [6.07, 6.45) is 2.09. The second-order valence-corrected chi connectivity index (χ2v) is 14.1. The summed E-state index contributed by atoms with van der Waals surface area (Å²) in [6, 6.07) is 45.7. The molecule has 5 aromatic carbocycles. The number of hydrogen-bond acceptors (Lipinski definition) is 0. The highest BCUT2D eigenvalue weighted by atomic mass is 14.3. The average Bonchev–Trinajstić information content (AvgIpc) is 3.01. The molecule has 0 nitrogen and oxygen atoms in total. The second-order valence-electron chi connectivity index (χ2n) is 14.1. The molecule has 0 radical (unpaired) electrons. The normalized spacial score (nSPS) is 12.4. The summed E-state index contributed by atoms with van der Waals surface area (Å²) in [4.78, 5) is 0. The van der Waals surface area contributed by atoms with Crippen LogP contribution < -0.4 is 0 Å². The Labute approximate surface area is 260 Å². The molecule has 0 aliphatic carbocycles. The number of rotatable bonds is 9. The molecule has 0 bridgehead atoms. The molecular weight excluding hydrogens is 516 g/mol. The van der Waals surface area contributed by atoms with E-state index in [9.17, 15) is 0 Å². The number of aryl methyl sites for hydroxylation is 4. The van der Waals surface area contributed by atoms with Crippen molar-refractivity contribution in [1.29, 1.82) is 0 Å². The van der Waals surface area contributed by atoms with Gasteiger partial charge in [0.1, 0.15) is 0 Å². The SMILES string of the molecule is Cc1ccc(C(C)(C)c2ccc(CCc3ccc(C(C)(C)c4ccc(C(C)(C)c5ccc(C)cc5)cc4)cc3)cc2)cc1. The van der Waals surface area contributed by atoms with E-state index in [0.29, 0.717) is 0 Å². The second kappa shape index (κ2) is 12.0. The fourth-order valence-corrected chi connectivity index (χ4v) is 6.21. The quantitative estimate of drug-likeness (QED) is 0.167. The third kappa shape index (κ3) is 6.54. The first-order valence-corrected chi connectivity index (χ1v) is 15.8. The zero-order chi connectivity index (χ0) is 30.8. The molecule has 0 saturated heterocycles. The Morgan fingerprint density at radius 2 is 0.488 bits per heavy atom. The summed E-state index contributed by atoms with van der Waals surface area (Å²) in [7, 11) is 0. The van der Waals surface area contributed by atoms with Crippen molar-refractivity contribution in [3.05, 3.63) is 177 Å². The van der Waals surface area contributed by atoms with Crippen LogP contribution in [0.25, 0.3) is 0 Å². The maximum atomic E-state index is 2.34. The van der Waals surface area contributed by atoms with Gasteiger partial charge in [-0.25, -0.2) is 0 Å². The monoisotopic (exact) mass is 564 g/mol. The van der Waals surface area contributed by atoms with Crippen LogP contribution in [-0.2, 0) is 29.1 Å². The Bertz CT molecular complexity index is 1630. The molecule has 0 unspecified atom stereocenters. The standard InChI is InChI=1S/C43H48/c1-31-9-19-35(20-10-31)41(3,4)37-23-15-33(16-24-37)13-14-34-17-25-38(26-18-34)43(7,8)40-29-27-39(28-30-40)42(5,6)36-21-11-32(2)12-22-36/h9-12,15-30H,13-14H2,1-8H3. The molecule has 43 heavy (non-hydrogen) atoms. The maximum Gasteiger partial charge on any atom is 0.0146 e. The molecule has 0 aliphatic heterocycles. The Morgan fingerprint density at radius 1 is 0.302 bits per heavy atom. The van der Waals surface area contributed by atoms with Crippen molar-refractivity contribution in [3.63, 3.8) is 0 Å². The third-order valence-electron chi connectivity index (χ3n) is 9.93. The molecule has 5 aromatic rings. The summed E-state index contributed by atoms with van der Waals surface area (Å²) in [6.45, 7) is 18.2. The predicted octanol–water partition coefficient (Wildman–Crippen LogP) is 11.1. The average molecular weight is 565 g/mol. The summed E-state index contributed by atoms with van der Waals surface area (Å²) >= 11 is 0. The molecule has 0 spiro atoms. The molecule has 0 fully saturated rings. The van der Waals surface area contributed by atoms with Crippen molar-refractivity contribution < 1.29 is 0 Å². The van der Waals surface area contributed by atoms with Crippen LogP contribution in [0.3, 0.4) is 0 Å². The van der Waals surface area contributed by atoms with Crippen LogP contribution in [-0.4, -0.2) is 0 Å². The van der Waals surface area contributed by atoms with E-state index < -0.39 is 0 Å². The van der Waals surface area contributed by atoms with Gasteiger partial charge in [-0.15, -0.1) is 0 Å². The highest BCUT2D eigenvalue weighted by molar-refractivity contribution is 5.44. The van der Waals surface area contributed by atoms with E-state index in [4.69, 9.17) is 0 Å². The van der Waals surface area contributed by atoms with Crippen molar-refractivity contribution in [2.75, 3.05) is 0 Å². The van der Waals surface area contributed by atoms with E-state index in [1.807, 2.05) is 0 Å². The van der Waals surface area contributed by atoms with E-state index in [-0.39, 0.29) is 16.2 Å². The lowest BCUT2D eigenvalue weighted by atomic mass is 9.74. The smallest absolute Gasteiger partial charge is 0.0146 e. The first-order chi connectivity index (χ1) is 20.4. The predicted molar refractivity (Wildman–Crippen MR) is 185 cm³/mol. The van der Waals surface area contributed by atoms with Crippen LogP contribution in [0.4, 0.5) is 0 Å². The lowest BCUT2D eigenvalue weighted by Crippen LogP contribution is -2.21. The van der Waals surface area contributed by atoms with Crippen molar-refractivity contribution in [1.82, 2.24) is 0 Å². The first-order valence-electron chi connectivity index (χ1n) is 15.8. The zero-order valence-corrected chi connectivity index (χ0v) is 27.5. The lowest BCUT2D eigenvalue weighted by Gasteiger charge is -2.29. The number of benzene rings is 5. The number of hydrogen-bond donors (Lipinski definition) is 0. The van der Waals surface area contributed by atoms with E-state index in [0.717, 1.165) is 12.8 Å². The third-order valence-corrected chi connectivity index (χ3v) is 9.93. The fourth-order valence-electron chi connectivity index (χ4n) is 6.21. The highest BCUT2D eigenvalue weighted by Crippen LogP contribution is 2.36. The molecule has 0 atom stereocenters. The van der Waals surface area contributed by atoms with Crippen LogP contribution in [0.1, 0.15) is 97.2 Å². The topological polar surface area (TPSA) is 0 Å². The van der Waals surface area contributed by atoms with Gasteiger partial charge in [-0.1, -0.05) is 174 Å². The van der Waals surface area contributed by atoms with Gasteiger partial charge < -0.3 is 0 Å². The van der Waals surface area contributed by atoms with Gasteiger partial charge in [0.15, 0.2) is 0 Å². The molecule has 5 rings (SSSR count). The van der Waals surface area contributed by atoms with E-state index in [2.05, 4.69) is 177 Å². The van der Waals surface area contributed by atoms with Crippen LogP contribution in [0.5, 0.6) is 0 Å².